The molecule has 0 unspecified atom stereocenters. The van der Waals surface area contributed by atoms with E-state index in [1.54, 1.807) is 0 Å². The van der Waals surface area contributed by atoms with Gasteiger partial charge in [-0.2, -0.15) is 4.39 Å². The number of benzene rings is 1. The second-order valence-electron chi connectivity index (χ2n) is 6.95. The van der Waals surface area contributed by atoms with Crippen LogP contribution < -0.4 is 10.1 Å². The Labute approximate surface area is 152 Å². The van der Waals surface area contributed by atoms with E-state index < -0.39 is 11.6 Å². The molecule has 1 N–H and O–H groups in total. The van der Waals surface area contributed by atoms with Crippen LogP contribution in [0, 0.1) is 17.6 Å². The van der Waals surface area contributed by atoms with E-state index in [2.05, 4.69) is 10.2 Å². The summed E-state index contributed by atoms with van der Waals surface area (Å²) in [6.45, 7) is 3.25. The number of rotatable bonds is 5. The number of hydrogen-bond donors (Lipinski definition) is 1. The third kappa shape index (κ3) is 4.32. The second kappa shape index (κ2) is 8.77. The van der Waals surface area contributed by atoms with Gasteiger partial charge in [0.2, 0.25) is 11.7 Å². The first-order valence-corrected chi connectivity index (χ1v) is 9.20. The zero-order valence-electron chi connectivity index (χ0n) is 15.1. The second-order valence-corrected chi connectivity index (χ2v) is 6.95. The van der Waals surface area contributed by atoms with Crippen LogP contribution in [-0.4, -0.2) is 50.3 Å². The zero-order valence-corrected chi connectivity index (χ0v) is 15.1. The molecule has 0 radical (unpaired) electrons. The summed E-state index contributed by atoms with van der Waals surface area (Å²) in [5, 5.41) is 2.76. The third-order valence-corrected chi connectivity index (χ3v) is 5.33. The van der Waals surface area contributed by atoms with Crippen molar-refractivity contribution in [3.63, 3.8) is 0 Å². The third-order valence-electron chi connectivity index (χ3n) is 5.33. The standard InChI is InChI=1S/C19H26F2N2O3/c1-25-16-5-4-13(17(20)18(16)21)11-22-19(24)14-3-2-8-23(12-14)15-6-9-26-10-7-15/h4-5,14-15H,2-3,6-12H2,1H3,(H,22,24)/t14-/m0/s1. The molecule has 2 saturated heterocycles. The predicted octanol–water partition coefficient (Wildman–Crippen LogP) is 2.48. The lowest BCUT2D eigenvalue weighted by Gasteiger charge is -2.39. The topological polar surface area (TPSA) is 50.8 Å². The number of nitrogens with zero attached hydrogens (tertiary/aromatic N) is 1. The Bertz CT molecular complexity index is 635. The molecule has 2 aliphatic heterocycles. The molecule has 7 heteroatoms. The number of halogens is 2. The molecule has 1 atom stereocenters. The molecule has 1 amide bonds. The molecule has 1 aromatic carbocycles. The number of methoxy groups -OCH3 is 1. The number of nitrogens with one attached hydrogen (secondary N) is 1. The Morgan fingerprint density at radius 3 is 2.77 bits per heavy atom. The summed E-state index contributed by atoms with van der Waals surface area (Å²) < 4.78 is 38.0. The number of carbonyl (C=O) groups is 1. The summed E-state index contributed by atoms with van der Waals surface area (Å²) in [6.07, 6.45) is 3.81. The summed E-state index contributed by atoms with van der Waals surface area (Å²) in [6, 6.07) is 3.28. The molecule has 0 saturated carbocycles. The van der Waals surface area contributed by atoms with Crippen LogP contribution in [0.3, 0.4) is 0 Å². The molecule has 2 aliphatic rings. The Balaban J connectivity index is 1.55. The molecule has 0 bridgehead atoms. The van der Waals surface area contributed by atoms with E-state index in [0.717, 1.165) is 52.0 Å². The van der Waals surface area contributed by atoms with Crippen molar-refractivity contribution in [2.75, 3.05) is 33.4 Å². The molecular weight excluding hydrogens is 342 g/mol. The lowest BCUT2D eigenvalue weighted by molar-refractivity contribution is -0.127. The summed E-state index contributed by atoms with van der Waals surface area (Å²) in [5.41, 5.74) is 0.119. The number of piperidine rings is 1. The fraction of sp³-hybridized carbons (Fsp3) is 0.632. The smallest absolute Gasteiger partial charge is 0.224 e. The minimum atomic E-state index is -1.03. The fourth-order valence-electron chi connectivity index (χ4n) is 3.79. The van der Waals surface area contributed by atoms with Crippen molar-refractivity contribution < 1.29 is 23.0 Å². The average molecular weight is 368 g/mol. The highest BCUT2D eigenvalue weighted by Gasteiger charge is 2.30. The van der Waals surface area contributed by atoms with Crippen molar-refractivity contribution in [1.29, 1.82) is 0 Å². The zero-order chi connectivity index (χ0) is 18.5. The SMILES string of the molecule is COc1ccc(CNC(=O)[C@H]2CCCN(C3CCOCC3)C2)c(F)c1F. The number of likely N-dealkylation sites (tertiary alicyclic amines) is 1. The van der Waals surface area contributed by atoms with Crippen molar-refractivity contribution in [3.05, 3.63) is 29.3 Å². The van der Waals surface area contributed by atoms with E-state index in [9.17, 15) is 13.6 Å². The Morgan fingerprint density at radius 1 is 1.27 bits per heavy atom. The summed E-state index contributed by atoms with van der Waals surface area (Å²) >= 11 is 0. The number of ether oxygens (including phenoxy) is 2. The van der Waals surface area contributed by atoms with Crippen LogP contribution in [0.4, 0.5) is 8.78 Å². The maximum Gasteiger partial charge on any atom is 0.224 e. The van der Waals surface area contributed by atoms with Crippen LogP contribution in [0.2, 0.25) is 0 Å². The Hall–Kier alpha value is -1.73. The van der Waals surface area contributed by atoms with Gasteiger partial charge in [-0.25, -0.2) is 4.39 Å². The first-order chi connectivity index (χ1) is 12.6. The average Bonchev–Trinajstić information content (AvgIpc) is 2.69. The van der Waals surface area contributed by atoms with Crippen LogP contribution in [0.15, 0.2) is 12.1 Å². The molecule has 1 aromatic rings. The van der Waals surface area contributed by atoms with Crippen molar-refractivity contribution in [2.24, 2.45) is 5.92 Å². The molecule has 144 valence electrons. The summed E-state index contributed by atoms with van der Waals surface area (Å²) in [7, 11) is 1.28. The highest BCUT2D eigenvalue weighted by atomic mass is 19.2. The molecule has 0 aromatic heterocycles. The number of amides is 1. The van der Waals surface area contributed by atoms with E-state index in [1.165, 1.54) is 19.2 Å². The van der Waals surface area contributed by atoms with Gasteiger partial charge in [-0.15, -0.1) is 0 Å². The molecule has 5 nitrogen and oxygen atoms in total. The molecule has 0 aliphatic carbocycles. The maximum atomic E-state index is 14.0. The number of carbonyl (C=O) groups excluding carboxylic acids is 1. The van der Waals surface area contributed by atoms with Crippen LogP contribution in [0.5, 0.6) is 5.75 Å². The van der Waals surface area contributed by atoms with E-state index in [0.29, 0.717) is 6.04 Å². The van der Waals surface area contributed by atoms with E-state index in [1.807, 2.05) is 0 Å². The quantitative estimate of drug-likeness (QED) is 0.868. The first-order valence-electron chi connectivity index (χ1n) is 9.20. The van der Waals surface area contributed by atoms with Gasteiger partial charge in [-0.3, -0.25) is 9.69 Å². The van der Waals surface area contributed by atoms with E-state index >= 15 is 0 Å². The van der Waals surface area contributed by atoms with Gasteiger partial charge in [0.05, 0.1) is 13.0 Å². The molecule has 2 fully saturated rings. The van der Waals surface area contributed by atoms with E-state index in [4.69, 9.17) is 9.47 Å². The maximum absolute atomic E-state index is 14.0. The van der Waals surface area contributed by atoms with Crippen LogP contribution in [0.25, 0.3) is 0 Å². The molecule has 2 heterocycles. The van der Waals surface area contributed by atoms with Gasteiger partial charge in [-0.05, 0) is 38.3 Å². The molecular formula is C19H26F2N2O3. The van der Waals surface area contributed by atoms with E-state index in [-0.39, 0.29) is 29.7 Å². The normalized spacial score (nSPS) is 22.2. The van der Waals surface area contributed by atoms with Crippen LogP contribution in [-0.2, 0) is 16.1 Å². The van der Waals surface area contributed by atoms with Crippen LogP contribution >= 0.6 is 0 Å². The molecule has 0 spiro atoms. The van der Waals surface area contributed by atoms with Crippen LogP contribution in [0.1, 0.15) is 31.2 Å². The predicted molar refractivity (Wildman–Crippen MR) is 92.9 cm³/mol. The highest BCUT2D eigenvalue weighted by Crippen LogP contribution is 2.24. The Morgan fingerprint density at radius 2 is 2.04 bits per heavy atom. The fourth-order valence-corrected chi connectivity index (χ4v) is 3.79. The van der Waals surface area contributed by atoms with Gasteiger partial charge in [0.25, 0.3) is 0 Å². The van der Waals surface area contributed by atoms with Crippen molar-refractivity contribution in [3.8, 4) is 5.75 Å². The Kier molecular flexibility index (Phi) is 6.43. The van der Waals surface area contributed by atoms with Gasteiger partial charge < -0.3 is 14.8 Å². The minimum absolute atomic E-state index is 0.0284. The lowest BCUT2D eigenvalue weighted by atomic mass is 9.94. The molecule has 3 rings (SSSR count). The lowest BCUT2D eigenvalue weighted by Crippen LogP contribution is -2.48. The largest absolute Gasteiger partial charge is 0.494 e. The van der Waals surface area contributed by atoms with Crippen molar-refractivity contribution in [2.45, 2.75) is 38.3 Å². The molecule has 26 heavy (non-hydrogen) atoms. The number of hydrogen-bond acceptors (Lipinski definition) is 4. The highest BCUT2D eigenvalue weighted by molar-refractivity contribution is 5.79. The monoisotopic (exact) mass is 368 g/mol. The first kappa shape index (κ1) is 19.0. The van der Waals surface area contributed by atoms with Crippen molar-refractivity contribution >= 4 is 5.91 Å². The van der Waals surface area contributed by atoms with Gasteiger partial charge >= 0.3 is 0 Å². The van der Waals surface area contributed by atoms with Gasteiger partial charge in [0.1, 0.15) is 0 Å². The summed E-state index contributed by atoms with van der Waals surface area (Å²) in [4.78, 5) is 14.9. The van der Waals surface area contributed by atoms with Gasteiger partial charge in [0, 0.05) is 37.9 Å². The van der Waals surface area contributed by atoms with Gasteiger partial charge in [-0.1, -0.05) is 6.07 Å². The van der Waals surface area contributed by atoms with Gasteiger partial charge in [0.15, 0.2) is 11.6 Å². The minimum Gasteiger partial charge on any atom is -0.494 e. The summed E-state index contributed by atoms with van der Waals surface area (Å²) in [5.74, 6) is -2.35. The van der Waals surface area contributed by atoms with Crippen molar-refractivity contribution in [1.82, 2.24) is 10.2 Å².